The van der Waals surface area contributed by atoms with Crippen molar-refractivity contribution in [1.82, 2.24) is 5.16 Å². The second-order valence-corrected chi connectivity index (χ2v) is 3.92. The molecule has 0 bridgehead atoms. The van der Waals surface area contributed by atoms with Crippen LogP contribution in [-0.2, 0) is 6.61 Å². The molecule has 0 aliphatic rings. The molecule has 1 N–H and O–H groups in total. The van der Waals surface area contributed by atoms with Crippen LogP contribution >= 0.6 is 0 Å². The molecule has 1 aromatic heterocycles. The van der Waals surface area contributed by atoms with Crippen molar-refractivity contribution >= 4 is 5.69 Å². The quantitative estimate of drug-likeness (QED) is 0.656. The maximum atomic E-state index is 10.7. The predicted molar refractivity (Wildman–Crippen MR) is 64.6 cm³/mol. The highest BCUT2D eigenvalue weighted by atomic mass is 16.6. The third-order valence-corrected chi connectivity index (χ3v) is 2.52. The van der Waals surface area contributed by atoms with Gasteiger partial charge in [0.05, 0.1) is 17.2 Å². The van der Waals surface area contributed by atoms with Crippen molar-refractivity contribution in [3.8, 4) is 5.75 Å². The van der Waals surface area contributed by atoms with Gasteiger partial charge in [-0.15, -0.1) is 0 Å². The van der Waals surface area contributed by atoms with E-state index in [0.717, 1.165) is 0 Å². The van der Waals surface area contributed by atoms with Crippen molar-refractivity contribution in [1.29, 1.82) is 0 Å². The lowest BCUT2D eigenvalue weighted by molar-refractivity contribution is -0.385. The number of non-ortho nitro benzene ring substituents is 1. The Morgan fingerprint density at radius 3 is 2.89 bits per heavy atom. The van der Waals surface area contributed by atoms with Gasteiger partial charge in [0.25, 0.3) is 5.69 Å². The molecule has 2 rings (SSSR count). The number of nitrogens with zero attached hydrogens (tertiary/aromatic N) is 2. The van der Waals surface area contributed by atoms with E-state index < -0.39 is 11.0 Å². The number of ether oxygens (including phenoxy) is 1. The lowest BCUT2D eigenvalue weighted by atomic mass is 10.1. The van der Waals surface area contributed by atoms with Gasteiger partial charge in [-0.05, 0) is 13.0 Å². The lowest BCUT2D eigenvalue weighted by Crippen LogP contribution is -2.01. The fourth-order valence-corrected chi connectivity index (χ4v) is 1.57. The Labute approximate surface area is 108 Å². The highest BCUT2D eigenvalue weighted by molar-refractivity contribution is 5.44. The summed E-state index contributed by atoms with van der Waals surface area (Å²) in [6.07, 6.45) is 0.619. The summed E-state index contributed by atoms with van der Waals surface area (Å²) in [5, 5.41) is 23.9. The number of hydrogen-bond donors (Lipinski definition) is 1. The van der Waals surface area contributed by atoms with Crippen LogP contribution in [0.25, 0.3) is 0 Å². The van der Waals surface area contributed by atoms with Gasteiger partial charge >= 0.3 is 0 Å². The van der Waals surface area contributed by atoms with Crippen molar-refractivity contribution in [2.45, 2.75) is 19.6 Å². The fourth-order valence-electron chi connectivity index (χ4n) is 1.57. The average Bonchev–Trinajstić information content (AvgIpc) is 2.89. The molecule has 0 radical (unpaired) electrons. The largest absolute Gasteiger partial charge is 0.485 e. The molecule has 2 aromatic rings. The zero-order valence-corrected chi connectivity index (χ0v) is 10.1. The van der Waals surface area contributed by atoms with Crippen LogP contribution in [-0.4, -0.2) is 15.2 Å². The van der Waals surface area contributed by atoms with Gasteiger partial charge in [0.2, 0.25) is 0 Å². The Morgan fingerprint density at radius 2 is 2.32 bits per heavy atom. The van der Waals surface area contributed by atoms with Crippen molar-refractivity contribution in [2.75, 3.05) is 0 Å². The molecule has 0 saturated heterocycles. The Hall–Kier alpha value is -2.41. The smallest absolute Gasteiger partial charge is 0.270 e. The zero-order chi connectivity index (χ0) is 13.8. The molecule has 19 heavy (non-hydrogen) atoms. The van der Waals surface area contributed by atoms with Crippen molar-refractivity contribution in [2.24, 2.45) is 0 Å². The first-order valence-electron chi connectivity index (χ1n) is 5.56. The van der Waals surface area contributed by atoms with Gasteiger partial charge in [-0.2, -0.15) is 0 Å². The third kappa shape index (κ3) is 3.08. The molecular formula is C12H12N2O5. The SMILES string of the molecule is C[C@@H](O)c1cc([N+](=O)[O-])ccc1OCc1ccno1. The predicted octanol–water partition coefficient (Wildman–Crippen LogP) is 2.22. The van der Waals surface area contributed by atoms with Crippen LogP contribution in [0.1, 0.15) is 24.4 Å². The summed E-state index contributed by atoms with van der Waals surface area (Å²) in [5.41, 5.74) is 0.261. The molecule has 100 valence electrons. The Bertz CT molecular complexity index is 566. The molecule has 0 spiro atoms. The first-order chi connectivity index (χ1) is 9.08. The van der Waals surface area contributed by atoms with E-state index in [9.17, 15) is 15.2 Å². The average molecular weight is 264 g/mol. The molecular weight excluding hydrogens is 252 g/mol. The summed E-state index contributed by atoms with van der Waals surface area (Å²) in [7, 11) is 0. The number of benzene rings is 1. The fraction of sp³-hybridized carbons (Fsp3) is 0.250. The van der Waals surface area contributed by atoms with E-state index in [2.05, 4.69) is 5.16 Å². The van der Waals surface area contributed by atoms with Crippen LogP contribution in [0.5, 0.6) is 5.75 Å². The van der Waals surface area contributed by atoms with E-state index in [1.807, 2.05) is 0 Å². The molecule has 1 aromatic carbocycles. The van der Waals surface area contributed by atoms with Gasteiger partial charge in [-0.25, -0.2) is 0 Å². The maximum Gasteiger partial charge on any atom is 0.270 e. The molecule has 7 nitrogen and oxygen atoms in total. The maximum absolute atomic E-state index is 10.7. The monoisotopic (exact) mass is 264 g/mol. The van der Waals surface area contributed by atoms with Gasteiger partial charge in [-0.3, -0.25) is 10.1 Å². The van der Waals surface area contributed by atoms with Crippen molar-refractivity contribution in [3.05, 3.63) is 51.9 Å². The second kappa shape index (κ2) is 5.49. The number of nitro groups is 1. The Kier molecular flexibility index (Phi) is 3.76. The van der Waals surface area contributed by atoms with Crippen LogP contribution in [0, 0.1) is 10.1 Å². The van der Waals surface area contributed by atoms with E-state index in [-0.39, 0.29) is 12.3 Å². The van der Waals surface area contributed by atoms with Crippen LogP contribution in [0.4, 0.5) is 5.69 Å². The summed E-state index contributed by atoms with van der Waals surface area (Å²) in [6, 6.07) is 5.71. The molecule has 7 heteroatoms. The summed E-state index contributed by atoms with van der Waals surface area (Å²) in [4.78, 5) is 10.2. The van der Waals surface area contributed by atoms with Gasteiger partial charge < -0.3 is 14.4 Å². The van der Waals surface area contributed by atoms with Crippen LogP contribution in [0.3, 0.4) is 0 Å². The number of aliphatic hydroxyl groups is 1. The highest BCUT2D eigenvalue weighted by Gasteiger charge is 2.15. The molecule has 0 amide bonds. The molecule has 1 heterocycles. The number of hydrogen-bond acceptors (Lipinski definition) is 6. The van der Waals surface area contributed by atoms with Gasteiger partial charge in [0.15, 0.2) is 5.76 Å². The minimum atomic E-state index is -0.871. The summed E-state index contributed by atoms with van der Waals surface area (Å²) in [5.74, 6) is 0.895. The summed E-state index contributed by atoms with van der Waals surface area (Å²) >= 11 is 0. The first-order valence-corrected chi connectivity index (χ1v) is 5.56. The van der Waals surface area contributed by atoms with Crippen molar-refractivity contribution in [3.63, 3.8) is 0 Å². The number of nitro benzene ring substituents is 1. The van der Waals surface area contributed by atoms with Gasteiger partial charge in [0.1, 0.15) is 12.4 Å². The van der Waals surface area contributed by atoms with Crippen LogP contribution in [0.15, 0.2) is 35.0 Å². The number of aromatic nitrogens is 1. The second-order valence-electron chi connectivity index (χ2n) is 3.92. The topological polar surface area (TPSA) is 98.6 Å². The number of rotatable bonds is 5. The molecule has 0 unspecified atom stereocenters. The van der Waals surface area contributed by atoms with E-state index in [1.165, 1.54) is 31.3 Å². The number of aliphatic hydroxyl groups excluding tert-OH is 1. The molecule has 0 saturated carbocycles. The van der Waals surface area contributed by atoms with Gasteiger partial charge in [-0.1, -0.05) is 5.16 Å². The first kappa shape index (κ1) is 13.0. The van der Waals surface area contributed by atoms with E-state index in [0.29, 0.717) is 17.1 Å². The van der Waals surface area contributed by atoms with Crippen molar-refractivity contribution < 1.29 is 19.3 Å². The summed E-state index contributed by atoms with van der Waals surface area (Å²) < 4.78 is 10.3. The lowest BCUT2D eigenvalue weighted by Gasteiger charge is -2.12. The van der Waals surface area contributed by atoms with E-state index in [4.69, 9.17) is 9.26 Å². The standard InChI is InChI=1S/C12H12N2O5/c1-8(15)11-6-9(14(16)17)2-3-12(11)18-7-10-4-5-13-19-10/h2-6,8,15H,7H2,1H3/t8-/m1/s1. The highest BCUT2D eigenvalue weighted by Crippen LogP contribution is 2.29. The molecule has 0 aliphatic heterocycles. The van der Waals surface area contributed by atoms with Crippen LogP contribution in [0.2, 0.25) is 0 Å². The van der Waals surface area contributed by atoms with Gasteiger partial charge in [0, 0.05) is 23.8 Å². The Morgan fingerprint density at radius 1 is 1.53 bits per heavy atom. The summed E-state index contributed by atoms with van der Waals surface area (Å²) in [6.45, 7) is 1.65. The Balaban J connectivity index is 2.21. The normalized spacial score (nSPS) is 12.1. The third-order valence-electron chi connectivity index (χ3n) is 2.52. The van der Waals surface area contributed by atoms with E-state index >= 15 is 0 Å². The minimum Gasteiger partial charge on any atom is -0.485 e. The van der Waals surface area contributed by atoms with E-state index in [1.54, 1.807) is 6.07 Å². The molecule has 1 atom stereocenters. The zero-order valence-electron chi connectivity index (χ0n) is 10.1. The molecule has 0 aliphatic carbocycles. The molecule has 0 fully saturated rings. The van der Waals surface area contributed by atoms with Crippen LogP contribution < -0.4 is 4.74 Å². The minimum absolute atomic E-state index is 0.0945.